The molecule has 2 aromatic carbocycles. The zero-order valence-electron chi connectivity index (χ0n) is 15.9. The molecule has 1 aliphatic rings. The maximum absolute atomic E-state index is 13.9. The molecule has 1 aromatic heterocycles. The number of carbonyl (C=O) groups is 2. The molecule has 0 aliphatic carbocycles. The maximum atomic E-state index is 13.9. The Morgan fingerprint density at radius 2 is 1.77 bits per heavy atom. The molecule has 2 amide bonds. The Morgan fingerprint density at radius 3 is 2.45 bits per heavy atom. The number of anilines is 1. The van der Waals surface area contributed by atoms with E-state index in [0.29, 0.717) is 6.42 Å². The van der Waals surface area contributed by atoms with Gasteiger partial charge < -0.3 is 0 Å². The monoisotopic (exact) mass is 459 g/mol. The maximum Gasteiger partial charge on any atom is 0.280 e. The SMILES string of the molecule is O=C1c2cccnc2C(=O)N1CCc1ccc(S(=O)(=O)Nc2ccc(Cl)cc2F)cc1. The first kappa shape index (κ1) is 21.0. The third-order valence-corrected chi connectivity index (χ3v) is 6.38. The van der Waals surface area contributed by atoms with E-state index >= 15 is 0 Å². The second kappa shape index (κ2) is 8.09. The Kier molecular flexibility index (Phi) is 5.47. The van der Waals surface area contributed by atoms with Gasteiger partial charge in [0.1, 0.15) is 11.5 Å². The summed E-state index contributed by atoms with van der Waals surface area (Å²) in [6, 6.07) is 12.7. The number of halogens is 2. The smallest absolute Gasteiger partial charge is 0.277 e. The van der Waals surface area contributed by atoms with Crippen LogP contribution in [0.5, 0.6) is 0 Å². The number of carbonyl (C=O) groups excluding carboxylic acids is 2. The molecule has 0 spiro atoms. The van der Waals surface area contributed by atoms with Gasteiger partial charge in [-0.15, -0.1) is 0 Å². The number of sulfonamides is 1. The molecule has 158 valence electrons. The van der Waals surface area contributed by atoms with Crippen molar-refractivity contribution in [3.05, 3.63) is 88.5 Å². The highest BCUT2D eigenvalue weighted by molar-refractivity contribution is 7.92. The molecule has 31 heavy (non-hydrogen) atoms. The minimum atomic E-state index is -4.01. The number of imide groups is 1. The molecule has 0 unspecified atom stereocenters. The Hall–Kier alpha value is -3.30. The summed E-state index contributed by atoms with van der Waals surface area (Å²) in [5.74, 6) is -1.64. The number of rotatable bonds is 6. The van der Waals surface area contributed by atoms with Crippen molar-refractivity contribution in [3.8, 4) is 0 Å². The number of amides is 2. The quantitative estimate of drug-likeness (QED) is 0.569. The van der Waals surface area contributed by atoms with Gasteiger partial charge in [0, 0.05) is 17.8 Å². The van der Waals surface area contributed by atoms with E-state index in [4.69, 9.17) is 11.6 Å². The lowest BCUT2D eigenvalue weighted by Crippen LogP contribution is -2.31. The molecule has 4 rings (SSSR count). The van der Waals surface area contributed by atoms with Crippen LogP contribution in [-0.4, -0.2) is 36.7 Å². The van der Waals surface area contributed by atoms with E-state index in [1.54, 1.807) is 24.3 Å². The number of pyridine rings is 1. The van der Waals surface area contributed by atoms with Crippen molar-refractivity contribution in [2.45, 2.75) is 11.3 Å². The Balaban J connectivity index is 1.44. The summed E-state index contributed by atoms with van der Waals surface area (Å²) < 4.78 is 41.1. The lowest BCUT2D eigenvalue weighted by molar-refractivity contribution is 0.0654. The number of nitrogens with zero attached hydrogens (tertiary/aromatic N) is 2. The van der Waals surface area contributed by atoms with Crippen LogP contribution in [-0.2, 0) is 16.4 Å². The van der Waals surface area contributed by atoms with E-state index in [1.165, 1.54) is 30.5 Å². The Morgan fingerprint density at radius 1 is 1.03 bits per heavy atom. The molecule has 2 heterocycles. The normalized spacial score (nSPS) is 13.4. The zero-order chi connectivity index (χ0) is 22.2. The van der Waals surface area contributed by atoms with Crippen molar-refractivity contribution in [1.29, 1.82) is 0 Å². The largest absolute Gasteiger partial charge is 0.280 e. The zero-order valence-corrected chi connectivity index (χ0v) is 17.5. The second-order valence-corrected chi connectivity index (χ2v) is 8.90. The van der Waals surface area contributed by atoms with Gasteiger partial charge in [0.05, 0.1) is 16.1 Å². The second-order valence-electron chi connectivity index (χ2n) is 6.79. The lowest BCUT2D eigenvalue weighted by atomic mass is 10.1. The van der Waals surface area contributed by atoms with Crippen LogP contribution < -0.4 is 4.72 Å². The van der Waals surface area contributed by atoms with Crippen LogP contribution in [0.2, 0.25) is 5.02 Å². The molecule has 10 heteroatoms. The summed E-state index contributed by atoms with van der Waals surface area (Å²) in [7, 11) is -4.01. The van der Waals surface area contributed by atoms with Crippen LogP contribution >= 0.6 is 11.6 Å². The van der Waals surface area contributed by atoms with Crippen molar-refractivity contribution in [2.75, 3.05) is 11.3 Å². The number of fused-ring (bicyclic) bond motifs is 1. The molecular formula is C21H15ClFN3O4S. The molecule has 0 atom stereocenters. The molecule has 0 radical (unpaired) electrons. The summed E-state index contributed by atoms with van der Waals surface area (Å²) in [4.78, 5) is 29.7. The molecule has 0 saturated carbocycles. The van der Waals surface area contributed by atoms with Gasteiger partial charge in [0.25, 0.3) is 21.8 Å². The summed E-state index contributed by atoms with van der Waals surface area (Å²) in [6.45, 7) is 0.133. The van der Waals surface area contributed by atoms with Crippen LogP contribution in [0.1, 0.15) is 26.4 Å². The number of aromatic nitrogens is 1. The van der Waals surface area contributed by atoms with Gasteiger partial charge in [-0.05, 0) is 54.4 Å². The topological polar surface area (TPSA) is 96.4 Å². The molecule has 0 fully saturated rings. The fourth-order valence-electron chi connectivity index (χ4n) is 3.17. The molecule has 3 aromatic rings. The number of benzene rings is 2. The molecule has 0 bridgehead atoms. The molecule has 7 nitrogen and oxygen atoms in total. The number of hydrogen-bond acceptors (Lipinski definition) is 5. The molecular weight excluding hydrogens is 445 g/mol. The van der Waals surface area contributed by atoms with Crippen LogP contribution in [0.4, 0.5) is 10.1 Å². The van der Waals surface area contributed by atoms with E-state index in [-0.39, 0.29) is 33.4 Å². The van der Waals surface area contributed by atoms with Gasteiger partial charge >= 0.3 is 0 Å². The minimum absolute atomic E-state index is 0.0597. The van der Waals surface area contributed by atoms with Crippen LogP contribution in [0, 0.1) is 5.82 Å². The first-order valence-corrected chi connectivity index (χ1v) is 11.0. The first-order valence-electron chi connectivity index (χ1n) is 9.14. The third-order valence-electron chi connectivity index (χ3n) is 4.76. The average molecular weight is 460 g/mol. The Labute approximate surface area is 182 Å². The van der Waals surface area contributed by atoms with E-state index in [1.807, 2.05) is 0 Å². The third kappa shape index (κ3) is 4.14. The average Bonchev–Trinajstić information content (AvgIpc) is 2.99. The van der Waals surface area contributed by atoms with Gasteiger partial charge in [-0.2, -0.15) is 0 Å². The van der Waals surface area contributed by atoms with Crippen molar-refractivity contribution in [3.63, 3.8) is 0 Å². The van der Waals surface area contributed by atoms with Gasteiger partial charge in [0.15, 0.2) is 0 Å². The van der Waals surface area contributed by atoms with Gasteiger partial charge in [-0.1, -0.05) is 23.7 Å². The van der Waals surface area contributed by atoms with E-state index in [9.17, 15) is 22.4 Å². The van der Waals surface area contributed by atoms with Crippen molar-refractivity contribution in [2.24, 2.45) is 0 Å². The standard InChI is InChI=1S/C21H15ClFN3O4S/c22-14-5-8-18(17(23)12-14)25-31(29,30)15-6-3-13(4-7-15)9-11-26-20(27)16-2-1-10-24-19(16)21(26)28/h1-8,10,12,25H,9,11H2. The number of hydrogen-bond donors (Lipinski definition) is 1. The summed E-state index contributed by atoms with van der Waals surface area (Å²) in [5, 5.41) is 0.152. The highest BCUT2D eigenvalue weighted by atomic mass is 35.5. The van der Waals surface area contributed by atoms with Crippen LogP contribution in [0.3, 0.4) is 0 Å². The van der Waals surface area contributed by atoms with Gasteiger partial charge in [-0.3, -0.25) is 24.2 Å². The molecule has 1 aliphatic heterocycles. The van der Waals surface area contributed by atoms with E-state index in [0.717, 1.165) is 16.5 Å². The van der Waals surface area contributed by atoms with E-state index in [2.05, 4.69) is 9.71 Å². The summed E-state index contributed by atoms with van der Waals surface area (Å²) in [5.41, 5.74) is 0.915. The minimum Gasteiger partial charge on any atom is -0.277 e. The highest BCUT2D eigenvalue weighted by Crippen LogP contribution is 2.23. The van der Waals surface area contributed by atoms with Crippen LogP contribution in [0.25, 0.3) is 0 Å². The lowest BCUT2D eigenvalue weighted by Gasteiger charge is -2.14. The van der Waals surface area contributed by atoms with Gasteiger partial charge in [0.2, 0.25) is 0 Å². The predicted octanol–water partition coefficient (Wildman–Crippen LogP) is 3.51. The fraction of sp³-hybridized carbons (Fsp3) is 0.0952. The molecule has 0 saturated heterocycles. The fourth-order valence-corrected chi connectivity index (χ4v) is 4.40. The van der Waals surface area contributed by atoms with Crippen molar-refractivity contribution >= 4 is 39.1 Å². The molecule has 1 N–H and O–H groups in total. The van der Waals surface area contributed by atoms with Crippen molar-refractivity contribution in [1.82, 2.24) is 9.88 Å². The predicted molar refractivity (Wildman–Crippen MR) is 112 cm³/mol. The van der Waals surface area contributed by atoms with Crippen molar-refractivity contribution < 1.29 is 22.4 Å². The number of nitrogens with one attached hydrogen (secondary N) is 1. The Bertz CT molecular complexity index is 1260. The van der Waals surface area contributed by atoms with E-state index < -0.39 is 27.7 Å². The highest BCUT2D eigenvalue weighted by Gasteiger charge is 2.36. The first-order chi connectivity index (χ1) is 14.8. The summed E-state index contributed by atoms with van der Waals surface area (Å²) >= 11 is 5.68. The van der Waals surface area contributed by atoms with Gasteiger partial charge in [-0.25, -0.2) is 12.8 Å². The van der Waals surface area contributed by atoms with Crippen LogP contribution in [0.15, 0.2) is 65.7 Å². The summed E-state index contributed by atoms with van der Waals surface area (Å²) in [6.07, 6.45) is 1.79.